The molecule has 0 saturated heterocycles. The lowest BCUT2D eigenvalue weighted by atomic mass is 10.1. The molecule has 0 N–H and O–H groups in total. The summed E-state index contributed by atoms with van der Waals surface area (Å²) in [6.45, 7) is 5.95. The van der Waals surface area contributed by atoms with Gasteiger partial charge in [0.2, 0.25) is 0 Å². The van der Waals surface area contributed by atoms with Gasteiger partial charge in [-0.25, -0.2) is 0 Å². The van der Waals surface area contributed by atoms with Gasteiger partial charge in [-0.1, -0.05) is 43.1 Å². The number of aromatic nitrogens is 1. The number of rotatable bonds is 0. The summed E-state index contributed by atoms with van der Waals surface area (Å²) in [6.07, 6.45) is 1.63. The molecule has 0 aliphatic heterocycles. The van der Waals surface area contributed by atoms with E-state index in [0.717, 1.165) is 21.5 Å². The Balaban J connectivity index is 0.000000531. The second kappa shape index (κ2) is 5.34. The Bertz CT molecular complexity index is 466. The van der Waals surface area contributed by atoms with Crippen molar-refractivity contribution in [2.45, 2.75) is 20.8 Å². The summed E-state index contributed by atoms with van der Waals surface area (Å²) in [5, 5.41) is 2.41. The predicted molar refractivity (Wildman–Crippen MR) is 67.8 cm³/mol. The fraction of sp³-hybridized carbons (Fsp3) is 0.250. The number of benzene rings is 1. The van der Waals surface area contributed by atoms with Gasteiger partial charge < -0.3 is 0 Å². The number of hydrogen-bond donors (Lipinski definition) is 0. The Labute approximate surface area is 100 Å². The summed E-state index contributed by atoms with van der Waals surface area (Å²) in [5.41, 5.74) is 1.91. The van der Waals surface area contributed by atoms with Crippen LogP contribution in [0.3, 0.4) is 0 Å². The van der Waals surface area contributed by atoms with E-state index in [9.17, 15) is 0 Å². The molecule has 0 aliphatic rings. The van der Waals surface area contributed by atoms with E-state index < -0.39 is 0 Å². The first kappa shape index (κ1) is 12.3. The zero-order chi connectivity index (χ0) is 11.4. The van der Waals surface area contributed by atoms with E-state index in [-0.39, 0.29) is 0 Å². The lowest BCUT2D eigenvalue weighted by molar-refractivity contribution is 1.37. The van der Waals surface area contributed by atoms with Crippen molar-refractivity contribution in [3.63, 3.8) is 0 Å². The molecule has 1 aromatic carbocycles. The maximum atomic E-state index is 5.95. The van der Waals surface area contributed by atoms with E-state index in [0.29, 0.717) is 5.02 Å². The molecule has 0 fully saturated rings. The van der Waals surface area contributed by atoms with Gasteiger partial charge in [0.1, 0.15) is 0 Å². The van der Waals surface area contributed by atoms with Gasteiger partial charge in [-0.05, 0) is 24.6 Å². The van der Waals surface area contributed by atoms with E-state index in [1.165, 1.54) is 0 Å². The van der Waals surface area contributed by atoms with Gasteiger partial charge in [-0.15, -0.1) is 0 Å². The van der Waals surface area contributed by atoms with Crippen LogP contribution in [-0.2, 0) is 0 Å². The topological polar surface area (TPSA) is 12.9 Å². The van der Waals surface area contributed by atoms with E-state index in [2.05, 4.69) is 4.98 Å². The minimum atomic E-state index is 0.647. The van der Waals surface area contributed by atoms with Crippen molar-refractivity contribution in [2.24, 2.45) is 0 Å². The van der Waals surface area contributed by atoms with E-state index in [1.54, 1.807) is 6.20 Å². The van der Waals surface area contributed by atoms with Crippen LogP contribution in [0.4, 0.5) is 0 Å². The van der Waals surface area contributed by atoms with Crippen molar-refractivity contribution >= 4 is 34.1 Å². The fourth-order valence-corrected chi connectivity index (χ4v) is 1.62. The third-order valence-corrected chi connectivity index (χ3v) is 2.62. The van der Waals surface area contributed by atoms with Crippen molar-refractivity contribution in [1.29, 1.82) is 0 Å². The van der Waals surface area contributed by atoms with Gasteiger partial charge in [0.05, 0.1) is 10.5 Å². The molecular weight excluding hydrogens is 229 g/mol. The highest BCUT2D eigenvalue weighted by Crippen LogP contribution is 2.25. The van der Waals surface area contributed by atoms with Crippen LogP contribution in [0.1, 0.15) is 19.4 Å². The zero-order valence-corrected chi connectivity index (χ0v) is 10.5. The molecule has 80 valence electrons. The van der Waals surface area contributed by atoms with Crippen LogP contribution in [0.2, 0.25) is 10.0 Å². The first-order valence-electron chi connectivity index (χ1n) is 4.89. The van der Waals surface area contributed by atoms with Crippen molar-refractivity contribution < 1.29 is 0 Å². The lowest BCUT2D eigenvalue weighted by Gasteiger charge is -2.02. The van der Waals surface area contributed by atoms with E-state index in [1.807, 2.05) is 39.0 Å². The molecule has 15 heavy (non-hydrogen) atoms. The molecule has 0 saturated carbocycles. The van der Waals surface area contributed by atoms with Crippen LogP contribution < -0.4 is 0 Å². The number of halogens is 2. The monoisotopic (exact) mass is 241 g/mol. The molecule has 1 heterocycles. The Kier molecular flexibility index (Phi) is 4.37. The maximum Gasteiger partial charge on any atom is 0.0747 e. The highest BCUT2D eigenvalue weighted by molar-refractivity contribution is 6.33. The van der Waals surface area contributed by atoms with Gasteiger partial charge in [-0.2, -0.15) is 0 Å². The van der Waals surface area contributed by atoms with Gasteiger partial charge >= 0.3 is 0 Å². The summed E-state index contributed by atoms with van der Waals surface area (Å²) in [7, 11) is 0. The SMILES string of the molecule is CC.Cc1c(Cl)ccc2cc(Cl)cnc12. The van der Waals surface area contributed by atoms with Crippen molar-refractivity contribution in [1.82, 2.24) is 4.98 Å². The van der Waals surface area contributed by atoms with E-state index in [4.69, 9.17) is 23.2 Å². The zero-order valence-electron chi connectivity index (χ0n) is 9.01. The smallest absolute Gasteiger partial charge is 0.0747 e. The summed E-state index contributed by atoms with van der Waals surface area (Å²) in [4.78, 5) is 4.22. The molecule has 0 amide bonds. The maximum absolute atomic E-state index is 5.95. The largest absolute Gasteiger partial charge is 0.254 e. The molecule has 0 radical (unpaired) electrons. The highest BCUT2D eigenvalue weighted by Gasteiger charge is 2.02. The second-order valence-corrected chi connectivity index (χ2v) is 3.74. The molecule has 2 rings (SSSR count). The highest BCUT2D eigenvalue weighted by atomic mass is 35.5. The first-order valence-corrected chi connectivity index (χ1v) is 5.64. The minimum Gasteiger partial charge on any atom is -0.254 e. The summed E-state index contributed by atoms with van der Waals surface area (Å²) in [6, 6.07) is 5.66. The molecular formula is C12H13Cl2N. The van der Waals surface area contributed by atoms with Gasteiger partial charge in [-0.3, -0.25) is 4.98 Å². The van der Waals surface area contributed by atoms with Crippen molar-refractivity contribution in [3.8, 4) is 0 Å². The number of fused-ring (bicyclic) bond motifs is 1. The summed E-state index contributed by atoms with van der Waals surface area (Å²) in [5.74, 6) is 0. The van der Waals surface area contributed by atoms with Crippen LogP contribution >= 0.6 is 23.2 Å². The van der Waals surface area contributed by atoms with Crippen LogP contribution in [0, 0.1) is 6.92 Å². The van der Waals surface area contributed by atoms with Crippen LogP contribution in [-0.4, -0.2) is 4.98 Å². The van der Waals surface area contributed by atoms with E-state index >= 15 is 0 Å². The van der Waals surface area contributed by atoms with Gasteiger partial charge in [0.15, 0.2) is 0 Å². The second-order valence-electron chi connectivity index (χ2n) is 2.90. The average Bonchev–Trinajstić information content (AvgIpc) is 2.26. The molecule has 0 aliphatic carbocycles. The number of aryl methyl sites for hydroxylation is 1. The average molecular weight is 242 g/mol. The van der Waals surface area contributed by atoms with Crippen LogP contribution in [0.15, 0.2) is 24.4 Å². The molecule has 0 atom stereocenters. The van der Waals surface area contributed by atoms with Crippen LogP contribution in [0.25, 0.3) is 10.9 Å². The minimum absolute atomic E-state index is 0.647. The summed E-state index contributed by atoms with van der Waals surface area (Å²) >= 11 is 11.8. The molecule has 1 nitrogen and oxygen atoms in total. The molecule has 1 aromatic heterocycles. The Morgan fingerprint density at radius 3 is 2.47 bits per heavy atom. The number of hydrogen-bond acceptors (Lipinski definition) is 1. The van der Waals surface area contributed by atoms with Crippen molar-refractivity contribution in [2.75, 3.05) is 0 Å². The Morgan fingerprint density at radius 1 is 1.13 bits per heavy atom. The molecule has 2 aromatic rings. The van der Waals surface area contributed by atoms with Crippen LogP contribution in [0.5, 0.6) is 0 Å². The fourth-order valence-electron chi connectivity index (χ4n) is 1.30. The third-order valence-electron chi connectivity index (χ3n) is 2.01. The Hall–Kier alpha value is -0.790. The number of nitrogens with zero attached hydrogens (tertiary/aromatic N) is 1. The molecule has 0 spiro atoms. The third kappa shape index (κ3) is 2.61. The molecule has 0 bridgehead atoms. The summed E-state index contributed by atoms with van der Waals surface area (Å²) < 4.78 is 0. The lowest BCUT2D eigenvalue weighted by Crippen LogP contribution is -1.83. The van der Waals surface area contributed by atoms with Gasteiger partial charge in [0, 0.05) is 16.6 Å². The molecule has 0 unspecified atom stereocenters. The quantitative estimate of drug-likeness (QED) is 0.641. The van der Waals surface area contributed by atoms with Crippen molar-refractivity contribution in [3.05, 3.63) is 40.0 Å². The van der Waals surface area contributed by atoms with Gasteiger partial charge in [0.25, 0.3) is 0 Å². The first-order chi connectivity index (χ1) is 7.18. The molecule has 3 heteroatoms. The normalized spacial score (nSPS) is 9.67. The standard InChI is InChI=1S/C10H7Cl2N.C2H6/c1-6-9(12)3-2-7-4-8(11)5-13-10(6)7;1-2/h2-5H,1H3;1-2H3. The Morgan fingerprint density at radius 2 is 1.80 bits per heavy atom. The predicted octanol–water partition coefficient (Wildman–Crippen LogP) is 4.88. The number of pyridine rings is 1.